The molecule has 0 aliphatic rings. The van der Waals surface area contributed by atoms with Gasteiger partial charge in [-0.3, -0.25) is 0 Å². The fraction of sp³-hybridized carbons (Fsp3) is 0.316. The summed E-state index contributed by atoms with van der Waals surface area (Å²) in [6, 6.07) is 14.0. The highest BCUT2D eigenvalue weighted by Crippen LogP contribution is 2.25. The summed E-state index contributed by atoms with van der Waals surface area (Å²) in [5.41, 5.74) is 3.18. The lowest BCUT2D eigenvalue weighted by molar-refractivity contribution is 0.336. The van der Waals surface area contributed by atoms with Crippen molar-refractivity contribution in [3.05, 3.63) is 53.6 Å². The first kappa shape index (κ1) is 18.1. The molecule has 0 bridgehead atoms. The van der Waals surface area contributed by atoms with E-state index < -0.39 is 0 Å². The van der Waals surface area contributed by atoms with E-state index >= 15 is 0 Å². The topological polar surface area (TPSA) is 42.5 Å². The molecule has 0 aliphatic heterocycles. The zero-order valence-electron chi connectivity index (χ0n) is 14.4. The summed E-state index contributed by atoms with van der Waals surface area (Å²) in [4.78, 5) is 0. The first-order chi connectivity index (χ1) is 11.6. The van der Waals surface area contributed by atoms with E-state index in [-0.39, 0.29) is 0 Å². The van der Waals surface area contributed by atoms with Gasteiger partial charge in [0.15, 0.2) is 5.11 Å². The van der Waals surface area contributed by atoms with Crippen LogP contribution in [-0.2, 0) is 6.42 Å². The third-order valence-corrected chi connectivity index (χ3v) is 3.80. The number of thiocarbonyl (C=S) groups is 1. The van der Waals surface area contributed by atoms with Crippen molar-refractivity contribution in [1.82, 2.24) is 5.32 Å². The molecule has 2 N–H and O–H groups in total. The third-order valence-electron chi connectivity index (χ3n) is 3.56. The van der Waals surface area contributed by atoms with Crippen LogP contribution in [0.25, 0.3) is 0 Å². The van der Waals surface area contributed by atoms with E-state index in [1.807, 2.05) is 50.2 Å². The minimum absolute atomic E-state index is 0.577. The fourth-order valence-corrected chi connectivity index (χ4v) is 2.62. The van der Waals surface area contributed by atoms with Crippen LogP contribution in [-0.4, -0.2) is 25.4 Å². The lowest BCUT2D eigenvalue weighted by atomic mass is 10.1. The molecule has 0 spiro atoms. The lowest BCUT2D eigenvalue weighted by Crippen LogP contribution is -2.30. The Morgan fingerprint density at radius 2 is 1.92 bits per heavy atom. The Morgan fingerprint density at radius 1 is 1.12 bits per heavy atom. The molecule has 2 aromatic carbocycles. The van der Waals surface area contributed by atoms with Crippen LogP contribution in [0, 0.1) is 6.92 Å². The summed E-state index contributed by atoms with van der Waals surface area (Å²) in [6.07, 6.45) is 0.836. The van der Waals surface area contributed by atoms with Gasteiger partial charge in [-0.1, -0.05) is 24.3 Å². The zero-order chi connectivity index (χ0) is 17.4. The normalized spacial score (nSPS) is 10.1. The fourth-order valence-electron chi connectivity index (χ4n) is 2.40. The van der Waals surface area contributed by atoms with Crippen LogP contribution < -0.4 is 20.1 Å². The molecule has 0 atom stereocenters. The molecule has 0 heterocycles. The van der Waals surface area contributed by atoms with Crippen LogP contribution in [0.2, 0.25) is 0 Å². The van der Waals surface area contributed by atoms with E-state index in [0.29, 0.717) is 11.7 Å². The number of methoxy groups -OCH3 is 1. The molecule has 0 saturated carbocycles. The van der Waals surface area contributed by atoms with Gasteiger partial charge in [0, 0.05) is 6.54 Å². The maximum absolute atomic E-state index is 5.64. The summed E-state index contributed by atoms with van der Waals surface area (Å²) in [7, 11) is 1.65. The molecule has 5 heteroatoms. The standard InChI is InChI=1S/C19H24N2O2S/c1-4-23-17-8-6-5-7-15(17)11-12-20-19(24)21-16-13-14(2)9-10-18(16)22-3/h5-10,13H,4,11-12H2,1-3H3,(H2,20,21,24). The Labute approximate surface area is 149 Å². The summed E-state index contributed by atoms with van der Waals surface area (Å²) in [5, 5.41) is 7.00. The zero-order valence-corrected chi connectivity index (χ0v) is 15.2. The number of anilines is 1. The number of ether oxygens (including phenoxy) is 2. The van der Waals surface area contributed by atoms with Gasteiger partial charge in [0.2, 0.25) is 0 Å². The van der Waals surface area contributed by atoms with Crippen molar-refractivity contribution in [2.45, 2.75) is 20.3 Å². The number of rotatable bonds is 7. The van der Waals surface area contributed by atoms with E-state index in [9.17, 15) is 0 Å². The average molecular weight is 344 g/mol. The number of aryl methyl sites for hydroxylation is 1. The van der Waals surface area contributed by atoms with Crippen LogP contribution >= 0.6 is 12.2 Å². The van der Waals surface area contributed by atoms with Crippen LogP contribution in [0.15, 0.2) is 42.5 Å². The van der Waals surface area contributed by atoms with Crippen LogP contribution in [0.3, 0.4) is 0 Å². The second-order valence-electron chi connectivity index (χ2n) is 5.38. The molecular formula is C19H24N2O2S. The molecule has 0 unspecified atom stereocenters. The van der Waals surface area contributed by atoms with E-state index in [4.69, 9.17) is 21.7 Å². The molecule has 0 amide bonds. The third kappa shape index (κ3) is 5.13. The lowest BCUT2D eigenvalue weighted by Gasteiger charge is -2.15. The predicted molar refractivity (Wildman–Crippen MR) is 103 cm³/mol. The van der Waals surface area contributed by atoms with E-state index in [1.54, 1.807) is 7.11 Å². The highest BCUT2D eigenvalue weighted by molar-refractivity contribution is 7.80. The molecule has 0 aromatic heterocycles. The minimum Gasteiger partial charge on any atom is -0.495 e. The molecule has 4 nitrogen and oxygen atoms in total. The molecule has 2 aromatic rings. The van der Waals surface area contributed by atoms with Gasteiger partial charge in [-0.25, -0.2) is 0 Å². The molecular weight excluding hydrogens is 320 g/mol. The Kier molecular flexibility index (Phi) is 6.88. The molecule has 128 valence electrons. The summed E-state index contributed by atoms with van der Waals surface area (Å²) in [6.45, 7) is 5.41. The highest BCUT2D eigenvalue weighted by Gasteiger charge is 2.06. The van der Waals surface area contributed by atoms with Crippen LogP contribution in [0.5, 0.6) is 11.5 Å². The largest absolute Gasteiger partial charge is 0.495 e. The molecule has 0 fully saturated rings. The first-order valence-electron chi connectivity index (χ1n) is 8.04. The maximum atomic E-state index is 5.64. The SMILES string of the molecule is CCOc1ccccc1CCNC(=S)Nc1cc(C)ccc1OC. The Bertz CT molecular complexity index is 689. The van der Waals surface area contributed by atoms with Gasteiger partial charge in [-0.15, -0.1) is 0 Å². The van der Waals surface area contributed by atoms with Gasteiger partial charge in [-0.2, -0.15) is 0 Å². The van der Waals surface area contributed by atoms with Gasteiger partial charge in [0.1, 0.15) is 11.5 Å². The van der Waals surface area contributed by atoms with Crippen molar-refractivity contribution in [3.8, 4) is 11.5 Å². The van der Waals surface area contributed by atoms with Crippen LogP contribution in [0.4, 0.5) is 5.69 Å². The second kappa shape index (κ2) is 9.13. The Hall–Kier alpha value is -2.27. The molecule has 0 radical (unpaired) electrons. The number of para-hydroxylation sites is 1. The summed E-state index contributed by atoms with van der Waals surface area (Å²) in [5.74, 6) is 1.70. The van der Waals surface area contributed by atoms with E-state index in [2.05, 4.69) is 16.7 Å². The van der Waals surface area contributed by atoms with Crippen molar-refractivity contribution >= 4 is 23.0 Å². The van der Waals surface area contributed by atoms with Gasteiger partial charge in [0.25, 0.3) is 0 Å². The molecule has 24 heavy (non-hydrogen) atoms. The highest BCUT2D eigenvalue weighted by atomic mass is 32.1. The van der Waals surface area contributed by atoms with Crippen molar-refractivity contribution in [3.63, 3.8) is 0 Å². The number of hydrogen-bond donors (Lipinski definition) is 2. The number of nitrogens with one attached hydrogen (secondary N) is 2. The predicted octanol–water partition coefficient (Wildman–Crippen LogP) is 3.93. The number of hydrogen-bond acceptors (Lipinski definition) is 3. The quantitative estimate of drug-likeness (QED) is 0.745. The van der Waals surface area contributed by atoms with Gasteiger partial charge >= 0.3 is 0 Å². The maximum Gasteiger partial charge on any atom is 0.170 e. The van der Waals surface area contributed by atoms with Gasteiger partial charge in [-0.05, 0) is 61.8 Å². The van der Waals surface area contributed by atoms with Crippen LogP contribution in [0.1, 0.15) is 18.1 Å². The van der Waals surface area contributed by atoms with Crippen molar-refractivity contribution in [1.29, 1.82) is 0 Å². The van der Waals surface area contributed by atoms with Gasteiger partial charge in [0.05, 0.1) is 19.4 Å². The average Bonchev–Trinajstić information content (AvgIpc) is 2.57. The Balaban J connectivity index is 1.89. The van der Waals surface area contributed by atoms with E-state index in [1.165, 1.54) is 5.56 Å². The molecule has 0 saturated heterocycles. The van der Waals surface area contributed by atoms with Crippen molar-refractivity contribution < 1.29 is 9.47 Å². The summed E-state index contributed by atoms with van der Waals surface area (Å²) >= 11 is 5.38. The summed E-state index contributed by atoms with van der Waals surface area (Å²) < 4.78 is 11.0. The first-order valence-corrected chi connectivity index (χ1v) is 8.45. The van der Waals surface area contributed by atoms with Crippen molar-refractivity contribution in [2.75, 3.05) is 25.6 Å². The molecule has 0 aliphatic carbocycles. The Morgan fingerprint density at radius 3 is 2.67 bits per heavy atom. The second-order valence-corrected chi connectivity index (χ2v) is 5.78. The monoisotopic (exact) mass is 344 g/mol. The van der Waals surface area contributed by atoms with Gasteiger partial charge < -0.3 is 20.1 Å². The smallest absolute Gasteiger partial charge is 0.170 e. The number of benzene rings is 2. The minimum atomic E-state index is 0.577. The molecule has 2 rings (SSSR count). The van der Waals surface area contributed by atoms with Crippen molar-refractivity contribution in [2.24, 2.45) is 0 Å². The van der Waals surface area contributed by atoms with E-state index in [0.717, 1.165) is 35.7 Å².